The van der Waals surface area contributed by atoms with Gasteiger partial charge >= 0.3 is 0 Å². The van der Waals surface area contributed by atoms with Crippen LogP contribution in [-0.4, -0.2) is 32.8 Å². The fourth-order valence-corrected chi connectivity index (χ4v) is 3.88. The number of Topliss-reactive ketones (excluding diaryl/α,β-unsaturated/α-hetero) is 1. The Kier molecular flexibility index (Phi) is 7.45. The highest BCUT2D eigenvalue weighted by Gasteiger charge is 2.28. The predicted molar refractivity (Wildman–Crippen MR) is 137 cm³/mol. The molecule has 0 saturated heterocycles. The number of methoxy groups -OCH3 is 1. The van der Waals surface area contributed by atoms with E-state index in [1.54, 1.807) is 54.5 Å². The van der Waals surface area contributed by atoms with Crippen LogP contribution in [0.3, 0.4) is 0 Å². The summed E-state index contributed by atoms with van der Waals surface area (Å²) in [5.41, 5.74) is 4.27. The van der Waals surface area contributed by atoms with Gasteiger partial charge in [-0.2, -0.15) is 5.10 Å². The van der Waals surface area contributed by atoms with E-state index >= 15 is 0 Å². The normalized spacial score (nSPS) is 12.0. The summed E-state index contributed by atoms with van der Waals surface area (Å²) in [6.45, 7) is 5.65. The molecule has 2 N–H and O–H groups in total. The molecular formula is C28H29FN4O3. The molecular weight excluding hydrogens is 459 g/mol. The van der Waals surface area contributed by atoms with Crippen molar-refractivity contribution in [3.63, 3.8) is 0 Å². The molecule has 8 heteroatoms. The van der Waals surface area contributed by atoms with E-state index in [1.807, 2.05) is 32.9 Å². The molecule has 36 heavy (non-hydrogen) atoms. The highest BCUT2D eigenvalue weighted by atomic mass is 19.1. The summed E-state index contributed by atoms with van der Waals surface area (Å²) >= 11 is 0. The Morgan fingerprint density at radius 1 is 1.14 bits per heavy atom. The Hall–Kier alpha value is -4.04. The maximum absolute atomic E-state index is 14.1. The van der Waals surface area contributed by atoms with Gasteiger partial charge < -0.3 is 15.2 Å². The van der Waals surface area contributed by atoms with Crippen molar-refractivity contribution in [2.75, 3.05) is 12.4 Å². The average Bonchev–Trinajstić information content (AvgIpc) is 3.33. The Morgan fingerprint density at radius 2 is 1.89 bits per heavy atom. The number of nitrogens with one attached hydrogen (secondary N) is 1. The quantitative estimate of drug-likeness (QED) is 0.302. The van der Waals surface area contributed by atoms with Crippen molar-refractivity contribution >= 4 is 11.5 Å². The van der Waals surface area contributed by atoms with Gasteiger partial charge in [0.05, 0.1) is 19.3 Å². The molecule has 4 aromatic rings. The van der Waals surface area contributed by atoms with Gasteiger partial charge in [-0.15, -0.1) is 0 Å². The second-order valence-corrected chi connectivity index (χ2v) is 8.87. The topological polar surface area (TPSA) is 89.3 Å². The van der Waals surface area contributed by atoms with E-state index < -0.39 is 6.04 Å². The number of benzene rings is 2. The second-order valence-electron chi connectivity index (χ2n) is 8.87. The van der Waals surface area contributed by atoms with Crippen molar-refractivity contribution in [2.24, 2.45) is 0 Å². The molecule has 2 aromatic heterocycles. The second kappa shape index (κ2) is 10.7. The van der Waals surface area contributed by atoms with Crippen molar-refractivity contribution in [1.29, 1.82) is 0 Å². The summed E-state index contributed by atoms with van der Waals surface area (Å²) < 4.78 is 20.7. The van der Waals surface area contributed by atoms with Crippen LogP contribution in [0.15, 0.2) is 67.0 Å². The number of aromatic nitrogens is 3. The zero-order valence-electron chi connectivity index (χ0n) is 20.7. The summed E-state index contributed by atoms with van der Waals surface area (Å²) in [6, 6.07) is 14.1. The molecule has 2 aromatic carbocycles. The number of aryl methyl sites for hydroxylation is 1. The van der Waals surface area contributed by atoms with Gasteiger partial charge in [0, 0.05) is 47.0 Å². The molecule has 0 spiro atoms. The first-order chi connectivity index (χ1) is 17.3. The summed E-state index contributed by atoms with van der Waals surface area (Å²) in [5, 5.41) is 17.7. The maximum Gasteiger partial charge on any atom is 0.193 e. The molecule has 4 rings (SSSR count). The van der Waals surface area contributed by atoms with Crippen LogP contribution in [0.4, 0.5) is 10.1 Å². The van der Waals surface area contributed by atoms with Crippen molar-refractivity contribution in [3.8, 4) is 17.0 Å². The van der Waals surface area contributed by atoms with Crippen molar-refractivity contribution in [1.82, 2.24) is 14.8 Å². The molecule has 0 aliphatic heterocycles. The van der Waals surface area contributed by atoms with Gasteiger partial charge in [-0.25, -0.2) is 4.39 Å². The molecule has 0 aliphatic carbocycles. The molecule has 2 heterocycles. The van der Waals surface area contributed by atoms with Gasteiger partial charge in [0.25, 0.3) is 0 Å². The molecule has 7 nitrogen and oxygen atoms in total. The molecule has 1 unspecified atom stereocenters. The predicted octanol–water partition coefficient (Wildman–Crippen LogP) is 5.51. The number of hydrogen-bond acceptors (Lipinski definition) is 6. The first kappa shape index (κ1) is 25.1. The van der Waals surface area contributed by atoms with E-state index in [1.165, 1.54) is 12.1 Å². The number of aliphatic hydroxyl groups excluding tert-OH is 1. The molecule has 0 saturated carbocycles. The van der Waals surface area contributed by atoms with Crippen LogP contribution in [-0.2, 0) is 6.61 Å². The van der Waals surface area contributed by atoms with Crippen LogP contribution in [0.25, 0.3) is 11.3 Å². The highest BCUT2D eigenvalue weighted by Crippen LogP contribution is 2.31. The lowest BCUT2D eigenvalue weighted by atomic mass is 9.96. The third-order valence-electron chi connectivity index (χ3n) is 5.87. The Balaban J connectivity index is 1.82. The fourth-order valence-electron chi connectivity index (χ4n) is 3.88. The lowest BCUT2D eigenvalue weighted by Crippen LogP contribution is -2.22. The van der Waals surface area contributed by atoms with E-state index in [2.05, 4.69) is 15.4 Å². The number of pyridine rings is 1. The summed E-state index contributed by atoms with van der Waals surface area (Å²) in [5.74, 6) is -0.0324. The Bertz CT molecular complexity index is 1330. The lowest BCUT2D eigenvalue weighted by Gasteiger charge is -2.20. The summed E-state index contributed by atoms with van der Waals surface area (Å²) in [7, 11) is 1.54. The standard InChI is InChI=1S/C28H29FN4O3/c1-17(2)33-15-25(26(32-33)20-7-9-22(29)10-8-20)28(35)27(21-6-5-18(3)30-14-21)31-23-11-19(16-34)12-24(13-23)36-4/h5-15,17,27,31,34H,16H2,1-4H3. The molecule has 186 valence electrons. The SMILES string of the molecule is COc1cc(CO)cc(NC(C(=O)c2cn(C(C)C)nc2-c2ccc(F)cc2)c2ccc(C)nc2)c1. The Morgan fingerprint density at radius 3 is 2.50 bits per heavy atom. The van der Waals surface area contributed by atoms with Gasteiger partial charge in [0.15, 0.2) is 5.78 Å². The minimum atomic E-state index is -0.805. The number of anilines is 1. The van der Waals surface area contributed by atoms with E-state index in [4.69, 9.17) is 4.74 Å². The number of rotatable bonds is 9. The number of aliphatic hydroxyl groups is 1. The first-order valence-corrected chi connectivity index (χ1v) is 11.7. The van der Waals surface area contributed by atoms with Crippen LogP contribution in [0.1, 0.15) is 53.1 Å². The summed E-state index contributed by atoms with van der Waals surface area (Å²) in [6.07, 6.45) is 3.40. The van der Waals surface area contributed by atoms with E-state index in [0.29, 0.717) is 39.4 Å². The van der Waals surface area contributed by atoms with Gasteiger partial charge in [-0.05, 0) is 68.8 Å². The van der Waals surface area contributed by atoms with Gasteiger partial charge in [0.2, 0.25) is 0 Å². The minimum absolute atomic E-state index is 0.0173. The largest absolute Gasteiger partial charge is 0.497 e. The Labute approximate surface area is 209 Å². The number of hydrogen-bond donors (Lipinski definition) is 2. The molecule has 0 fully saturated rings. The molecule has 0 bridgehead atoms. The lowest BCUT2D eigenvalue weighted by molar-refractivity contribution is 0.0970. The number of halogens is 1. The third kappa shape index (κ3) is 5.44. The van der Waals surface area contributed by atoms with Gasteiger partial charge in [-0.3, -0.25) is 14.5 Å². The van der Waals surface area contributed by atoms with Crippen molar-refractivity contribution < 1.29 is 19.0 Å². The van der Waals surface area contributed by atoms with Gasteiger partial charge in [0.1, 0.15) is 23.3 Å². The smallest absolute Gasteiger partial charge is 0.193 e. The molecule has 1 atom stereocenters. The zero-order valence-corrected chi connectivity index (χ0v) is 20.7. The number of ether oxygens (including phenoxy) is 1. The van der Waals surface area contributed by atoms with Crippen LogP contribution >= 0.6 is 0 Å². The van der Waals surface area contributed by atoms with Crippen molar-refractivity contribution in [2.45, 2.75) is 39.5 Å². The average molecular weight is 489 g/mol. The van der Waals surface area contributed by atoms with Crippen LogP contribution < -0.4 is 10.1 Å². The highest BCUT2D eigenvalue weighted by molar-refractivity contribution is 6.06. The molecule has 0 amide bonds. The van der Waals surface area contributed by atoms with Crippen molar-refractivity contribution in [3.05, 3.63) is 95.2 Å². The summed E-state index contributed by atoms with van der Waals surface area (Å²) in [4.78, 5) is 18.5. The third-order valence-corrected chi connectivity index (χ3v) is 5.87. The van der Waals surface area contributed by atoms with Crippen LogP contribution in [0.5, 0.6) is 5.75 Å². The monoisotopic (exact) mass is 488 g/mol. The minimum Gasteiger partial charge on any atom is -0.497 e. The zero-order chi connectivity index (χ0) is 25.8. The molecule has 0 aliphatic rings. The van der Waals surface area contributed by atoms with E-state index in [9.17, 15) is 14.3 Å². The van der Waals surface area contributed by atoms with Crippen LogP contribution in [0.2, 0.25) is 0 Å². The van der Waals surface area contributed by atoms with Crippen LogP contribution in [0, 0.1) is 12.7 Å². The number of ketones is 1. The number of nitrogens with zero attached hydrogens (tertiary/aromatic N) is 3. The fraction of sp³-hybridized carbons (Fsp3) is 0.250. The van der Waals surface area contributed by atoms with Gasteiger partial charge in [-0.1, -0.05) is 6.07 Å². The van der Waals surface area contributed by atoms with E-state index in [-0.39, 0.29) is 24.2 Å². The first-order valence-electron chi connectivity index (χ1n) is 11.7. The maximum atomic E-state index is 14.1. The molecule has 0 radical (unpaired) electrons. The number of carbonyl (C=O) groups is 1. The van der Waals surface area contributed by atoms with E-state index in [0.717, 1.165) is 5.69 Å². The number of carbonyl (C=O) groups excluding carboxylic acids is 1.